The van der Waals surface area contributed by atoms with E-state index in [1.807, 2.05) is 0 Å². The Balaban J connectivity index is 0.000000283. The first-order valence-corrected chi connectivity index (χ1v) is 10.2. The van der Waals surface area contributed by atoms with Crippen molar-refractivity contribution in [2.24, 2.45) is 0 Å². The van der Waals surface area contributed by atoms with Crippen molar-refractivity contribution in [3.8, 4) is 0 Å². The van der Waals surface area contributed by atoms with Gasteiger partial charge in [0.2, 0.25) is 0 Å². The van der Waals surface area contributed by atoms with Crippen molar-refractivity contribution in [1.29, 1.82) is 0 Å². The van der Waals surface area contributed by atoms with Gasteiger partial charge in [-0.1, -0.05) is 64.2 Å². The minimum absolute atomic E-state index is 1.19. The first-order chi connectivity index (χ1) is 9.00. The summed E-state index contributed by atoms with van der Waals surface area (Å²) in [6.45, 7) is 0. The molecule has 0 atom stereocenters. The molecule has 0 nitrogen and oxygen atoms in total. The van der Waals surface area contributed by atoms with Crippen LogP contribution < -0.4 is 0 Å². The van der Waals surface area contributed by atoms with Gasteiger partial charge in [-0.2, -0.15) is 12.8 Å². The fourth-order valence-corrected chi connectivity index (χ4v) is 2.06. The molecule has 2 aliphatic rings. The molecule has 2 rings (SSSR count). The Kier molecular flexibility index (Phi) is 17.8. The second-order valence-corrected chi connectivity index (χ2v) is 4.72. The van der Waals surface area contributed by atoms with Gasteiger partial charge in [-0.05, 0) is 0 Å². The molecule has 0 radical (unpaired) electrons. The fourth-order valence-electron chi connectivity index (χ4n) is 2.06. The van der Waals surface area contributed by atoms with Gasteiger partial charge in [-0.25, -0.2) is 0 Å². The van der Waals surface area contributed by atoms with Crippen LogP contribution in [0.4, 0.5) is 0 Å². The molecule has 0 heterocycles. The van der Waals surface area contributed by atoms with Crippen LogP contribution in [0.3, 0.4) is 0 Å². The molecule has 0 saturated carbocycles. The van der Waals surface area contributed by atoms with Gasteiger partial charge in [-0.15, -0.1) is 0 Å². The van der Waals surface area contributed by atoms with E-state index in [1.54, 1.807) is 0 Å². The van der Waals surface area contributed by atoms with Crippen LogP contribution in [0.5, 0.6) is 0 Å². The van der Waals surface area contributed by atoms with Gasteiger partial charge >= 0.3 is 27.5 Å². The zero-order chi connectivity index (χ0) is 13.3. The van der Waals surface area contributed by atoms with Crippen LogP contribution in [-0.2, 0) is 17.9 Å². The SMILES string of the molecule is [C-]1=CCCCCCC1.[C-]1=CCCCCCC1.[Cl][Ir+2]. The van der Waals surface area contributed by atoms with E-state index in [0.29, 0.717) is 0 Å². The summed E-state index contributed by atoms with van der Waals surface area (Å²) < 4.78 is 0. The molecule has 0 fully saturated rings. The Morgan fingerprint density at radius 3 is 1.44 bits per heavy atom. The van der Waals surface area contributed by atoms with Gasteiger partial charge in [0.25, 0.3) is 0 Å². The summed E-state index contributed by atoms with van der Waals surface area (Å²) in [6.07, 6.45) is 27.0. The standard InChI is InChI=1S/2C8H13.ClH.Ir/c2*1-2-4-6-8-7-5-3-1;;/h2*1H,2,4-8H2;1H;/q2*-1;;+3/p-1. The molecular formula is C16H26ClIr. The predicted molar refractivity (Wildman–Crippen MR) is 76.9 cm³/mol. The molecule has 0 N–H and O–H groups in total. The molecule has 0 saturated heterocycles. The third kappa shape index (κ3) is 14.5. The average molecular weight is 446 g/mol. The Morgan fingerprint density at radius 2 is 1.00 bits per heavy atom. The molecule has 2 heteroatoms. The third-order valence-corrected chi connectivity index (χ3v) is 3.13. The molecule has 0 bridgehead atoms. The fraction of sp³-hybridized carbons (Fsp3) is 0.750. The summed E-state index contributed by atoms with van der Waals surface area (Å²) in [7, 11) is 4.64. The predicted octanol–water partition coefficient (Wildman–Crippen LogP) is 6.09. The minimum atomic E-state index is 1.19. The summed E-state index contributed by atoms with van der Waals surface area (Å²) in [4.78, 5) is 0. The molecule has 18 heavy (non-hydrogen) atoms. The Hall–Kier alpha value is 0.419. The van der Waals surface area contributed by atoms with E-state index in [1.165, 1.54) is 94.9 Å². The van der Waals surface area contributed by atoms with E-state index in [2.05, 4.69) is 33.9 Å². The van der Waals surface area contributed by atoms with Crippen molar-refractivity contribution >= 4 is 9.58 Å². The van der Waals surface area contributed by atoms with E-state index in [9.17, 15) is 0 Å². The van der Waals surface area contributed by atoms with E-state index in [4.69, 9.17) is 0 Å². The van der Waals surface area contributed by atoms with Crippen LogP contribution in [0, 0.1) is 12.2 Å². The van der Waals surface area contributed by atoms with Crippen molar-refractivity contribution in [1.82, 2.24) is 0 Å². The van der Waals surface area contributed by atoms with Crippen LogP contribution in [0.1, 0.15) is 77.0 Å². The third-order valence-electron chi connectivity index (χ3n) is 3.13. The molecule has 0 spiro atoms. The van der Waals surface area contributed by atoms with Crippen LogP contribution >= 0.6 is 9.58 Å². The summed E-state index contributed by atoms with van der Waals surface area (Å²) in [5, 5.41) is 0. The summed E-state index contributed by atoms with van der Waals surface area (Å²) in [5.41, 5.74) is 0. The Morgan fingerprint density at radius 1 is 0.611 bits per heavy atom. The first-order valence-electron chi connectivity index (χ1n) is 7.23. The molecule has 0 aromatic carbocycles. The number of hydrogen-bond donors (Lipinski definition) is 0. The second-order valence-electron chi connectivity index (χ2n) is 4.72. The van der Waals surface area contributed by atoms with Crippen LogP contribution in [0.2, 0.25) is 0 Å². The Labute approximate surface area is 128 Å². The zero-order valence-electron chi connectivity index (χ0n) is 11.4. The summed E-state index contributed by atoms with van der Waals surface area (Å²) >= 11 is 1.47. The van der Waals surface area contributed by atoms with Gasteiger partial charge in [0, 0.05) is 0 Å². The normalized spacial score (nSPS) is 19.9. The maximum atomic E-state index is 4.64. The molecule has 2 aliphatic carbocycles. The molecule has 0 unspecified atom stereocenters. The first kappa shape index (κ1) is 18.4. The molecule has 0 aromatic heterocycles. The average Bonchev–Trinajstić information content (AvgIpc) is 2.30. The number of hydrogen-bond acceptors (Lipinski definition) is 0. The van der Waals surface area contributed by atoms with Gasteiger partial charge in [0.15, 0.2) is 0 Å². The van der Waals surface area contributed by atoms with E-state index in [-0.39, 0.29) is 0 Å². The molecule has 0 aromatic rings. The topological polar surface area (TPSA) is 0 Å². The monoisotopic (exact) mass is 446 g/mol. The summed E-state index contributed by atoms with van der Waals surface area (Å²) in [5.74, 6) is 0. The Bertz CT molecular complexity index is 157. The summed E-state index contributed by atoms with van der Waals surface area (Å²) in [6, 6.07) is 0. The second kappa shape index (κ2) is 17.4. The van der Waals surface area contributed by atoms with Crippen LogP contribution in [0.15, 0.2) is 12.2 Å². The van der Waals surface area contributed by atoms with Gasteiger partial charge < -0.3 is 12.2 Å². The van der Waals surface area contributed by atoms with Crippen molar-refractivity contribution in [2.75, 3.05) is 0 Å². The van der Waals surface area contributed by atoms with Crippen molar-refractivity contribution < 1.29 is 17.9 Å². The molecule has 0 amide bonds. The molecular weight excluding hydrogens is 420 g/mol. The van der Waals surface area contributed by atoms with Crippen molar-refractivity contribution in [3.63, 3.8) is 0 Å². The van der Waals surface area contributed by atoms with E-state index in [0.717, 1.165) is 0 Å². The van der Waals surface area contributed by atoms with Crippen molar-refractivity contribution in [2.45, 2.75) is 77.0 Å². The number of allylic oxidation sites excluding steroid dienone is 4. The maximum absolute atomic E-state index is 4.64. The van der Waals surface area contributed by atoms with E-state index < -0.39 is 0 Å². The molecule has 106 valence electrons. The van der Waals surface area contributed by atoms with Crippen molar-refractivity contribution in [3.05, 3.63) is 24.3 Å². The number of rotatable bonds is 0. The number of halogens is 1. The van der Waals surface area contributed by atoms with Gasteiger partial charge in [0.05, 0.1) is 0 Å². The van der Waals surface area contributed by atoms with Gasteiger partial charge in [-0.3, -0.25) is 12.2 Å². The van der Waals surface area contributed by atoms with Crippen LogP contribution in [-0.4, -0.2) is 0 Å². The van der Waals surface area contributed by atoms with Gasteiger partial charge in [0.1, 0.15) is 0 Å². The molecule has 0 aliphatic heterocycles. The zero-order valence-corrected chi connectivity index (χ0v) is 14.5. The quantitative estimate of drug-likeness (QED) is 0.396. The van der Waals surface area contributed by atoms with E-state index >= 15 is 0 Å². The van der Waals surface area contributed by atoms with Crippen LogP contribution in [0.25, 0.3) is 0 Å².